The summed E-state index contributed by atoms with van der Waals surface area (Å²) in [5.41, 5.74) is 7.54. The van der Waals surface area contributed by atoms with Gasteiger partial charge in [-0.05, 0) is 23.3 Å². The Morgan fingerprint density at radius 3 is 2.70 bits per heavy atom. The van der Waals surface area contributed by atoms with E-state index in [1.165, 1.54) is 20.5 Å². The van der Waals surface area contributed by atoms with Gasteiger partial charge < -0.3 is 19.9 Å². The van der Waals surface area contributed by atoms with Gasteiger partial charge in [-0.1, -0.05) is 24.3 Å². The molecule has 1 aromatic carbocycles. The standard InChI is InChI=1S/C17H18N2O4/c1-21-11-14(17(20)22-2)13-7-4-3-6-12(13)10-23-15-8-5-9-19-16(15)18/h3-9,11H,10H2,1-2H3,(H2,18,19)/b14-11-. The van der Waals surface area contributed by atoms with E-state index in [9.17, 15) is 4.79 Å². The van der Waals surface area contributed by atoms with Gasteiger partial charge in [0.05, 0.1) is 20.5 Å². The summed E-state index contributed by atoms with van der Waals surface area (Å²) in [6, 6.07) is 10.8. The maximum absolute atomic E-state index is 11.9. The first-order chi connectivity index (χ1) is 11.2. The molecule has 2 N–H and O–H groups in total. The number of pyridine rings is 1. The minimum atomic E-state index is -0.486. The van der Waals surface area contributed by atoms with Crippen LogP contribution in [0.4, 0.5) is 5.82 Å². The number of hydrogen-bond donors (Lipinski definition) is 1. The Labute approximate surface area is 134 Å². The fourth-order valence-corrected chi connectivity index (χ4v) is 2.04. The first kappa shape index (κ1) is 16.4. The molecule has 23 heavy (non-hydrogen) atoms. The summed E-state index contributed by atoms with van der Waals surface area (Å²) in [6.07, 6.45) is 2.94. The van der Waals surface area contributed by atoms with Gasteiger partial charge in [0, 0.05) is 6.20 Å². The number of ether oxygens (including phenoxy) is 3. The molecule has 0 aliphatic heterocycles. The van der Waals surface area contributed by atoms with Crippen molar-refractivity contribution in [1.82, 2.24) is 4.98 Å². The minimum Gasteiger partial charge on any atom is -0.503 e. The lowest BCUT2D eigenvalue weighted by Gasteiger charge is -2.13. The van der Waals surface area contributed by atoms with Gasteiger partial charge in [-0.15, -0.1) is 0 Å². The van der Waals surface area contributed by atoms with Crippen molar-refractivity contribution in [3.05, 3.63) is 60.0 Å². The number of anilines is 1. The minimum absolute atomic E-state index is 0.226. The number of hydrogen-bond acceptors (Lipinski definition) is 6. The second kappa shape index (κ2) is 7.84. The van der Waals surface area contributed by atoms with Gasteiger partial charge in [0.15, 0.2) is 11.6 Å². The number of carbonyl (C=O) groups excluding carboxylic acids is 1. The number of benzene rings is 1. The molecule has 0 amide bonds. The number of nitrogens with zero attached hydrogens (tertiary/aromatic N) is 1. The van der Waals surface area contributed by atoms with Crippen molar-refractivity contribution in [2.24, 2.45) is 0 Å². The highest BCUT2D eigenvalue weighted by Gasteiger charge is 2.17. The van der Waals surface area contributed by atoms with Crippen LogP contribution < -0.4 is 10.5 Å². The van der Waals surface area contributed by atoms with Crippen LogP contribution in [0.5, 0.6) is 5.75 Å². The number of nitrogens with two attached hydrogens (primary N) is 1. The van der Waals surface area contributed by atoms with Crippen LogP contribution in [0.2, 0.25) is 0 Å². The molecule has 120 valence electrons. The quantitative estimate of drug-likeness (QED) is 0.501. The molecule has 0 aliphatic carbocycles. The molecule has 0 atom stereocenters. The number of esters is 1. The summed E-state index contributed by atoms with van der Waals surface area (Å²) < 4.78 is 15.5. The van der Waals surface area contributed by atoms with Crippen LogP contribution in [0.15, 0.2) is 48.9 Å². The van der Waals surface area contributed by atoms with Crippen LogP contribution in [0.3, 0.4) is 0 Å². The van der Waals surface area contributed by atoms with Crippen molar-refractivity contribution in [3.8, 4) is 5.75 Å². The molecular weight excluding hydrogens is 296 g/mol. The summed E-state index contributed by atoms with van der Waals surface area (Å²) in [6.45, 7) is 0.226. The molecule has 2 rings (SSSR count). The molecule has 0 bridgehead atoms. The number of carbonyl (C=O) groups is 1. The Balaban J connectivity index is 2.28. The van der Waals surface area contributed by atoms with Crippen molar-refractivity contribution in [2.45, 2.75) is 6.61 Å². The van der Waals surface area contributed by atoms with Crippen LogP contribution in [-0.4, -0.2) is 25.2 Å². The smallest absolute Gasteiger partial charge is 0.341 e. The van der Waals surface area contributed by atoms with Crippen LogP contribution in [0, 0.1) is 0 Å². The van der Waals surface area contributed by atoms with Crippen molar-refractivity contribution in [2.75, 3.05) is 20.0 Å². The third kappa shape index (κ3) is 4.00. The highest BCUT2D eigenvalue weighted by atomic mass is 16.5. The highest BCUT2D eigenvalue weighted by molar-refractivity contribution is 6.16. The fourth-order valence-electron chi connectivity index (χ4n) is 2.04. The predicted octanol–water partition coefficient (Wildman–Crippen LogP) is 2.40. The molecule has 6 nitrogen and oxygen atoms in total. The van der Waals surface area contributed by atoms with Crippen molar-refractivity contribution < 1.29 is 19.0 Å². The van der Waals surface area contributed by atoms with Crippen LogP contribution >= 0.6 is 0 Å². The molecule has 0 fully saturated rings. The second-order valence-corrected chi connectivity index (χ2v) is 4.59. The van der Waals surface area contributed by atoms with E-state index in [4.69, 9.17) is 19.9 Å². The maximum Gasteiger partial charge on any atom is 0.341 e. The molecule has 0 aliphatic rings. The van der Waals surface area contributed by atoms with E-state index in [-0.39, 0.29) is 6.61 Å². The Bertz CT molecular complexity index is 713. The molecule has 1 heterocycles. The topological polar surface area (TPSA) is 83.7 Å². The van der Waals surface area contributed by atoms with Crippen LogP contribution in [-0.2, 0) is 20.9 Å². The summed E-state index contributed by atoms with van der Waals surface area (Å²) >= 11 is 0. The fraction of sp³-hybridized carbons (Fsp3) is 0.176. The van der Waals surface area contributed by atoms with Crippen molar-refractivity contribution in [1.29, 1.82) is 0 Å². The maximum atomic E-state index is 11.9. The van der Waals surface area contributed by atoms with Crippen LogP contribution in [0.1, 0.15) is 11.1 Å². The monoisotopic (exact) mass is 314 g/mol. The van der Waals surface area contributed by atoms with Gasteiger partial charge in [-0.2, -0.15) is 0 Å². The van der Waals surface area contributed by atoms with Crippen molar-refractivity contribution >= 4 is 17.4 Å². The third-order valence-electron chi connectivity index (χ3n) is 3.13. The lowest BCUT2D eigenvalue weighted by molar-refractivity contribution is -0.133. The highest BCUT2D eigenvalue weighted by Crippen LogP contribution is 2.24. The number of nitrogen functional groups attached to an aromatic ring is 1. The van der Waals surface area contributed by atoms with Crippen molar-refractivity contribution in [3.63, 3.8) is 0 Å². The first-order valence-corrected chi connectivity index (χ1v) is 6.90. The summed E-state index contributed by atoms with van der Waals surface area (Å²) in [5, 5.41) is 0. The lowest BCUT2D eigenvalue weighted by Crippen LogP contribution is -2.08. The van der Waals surface area contributed by atoms with E-state index >= 15 is 0 Å². The number of rotatable bonds is 6. The van der Waals surface area contributed by atoms with Gasteiger partial charge in [0.25, 0.3) is 0 Å². The summed E-state index contributed by atoms with van der Waals surface area (Å²) in [4.78, 5) is 15.9. The normalized spacial score (nSPS) is 11.0. The molecule has 0 radical (unpaired) electrons. The Kier molecular flexibility index (Phi) is 5.57. The summed E-state index contributed by atoms with van der Waals surface area (Å²) in [7, 11) is 2.79. The largest absolute Gasteiger partial charge is 0.503 e. The van der Waals surface area contributed by atoms with Gasteiger partial charge in [-0.3, -0.25) is 0 Å². The lowest BCUT2D eigenvalue weighted by atomic mass is 10.0. The van der Waals surface area contributed by atoms with Gasteiger partial charge in [0.1, 0.15) is 12.2 Å². The van der Waals surface area contributed by atoms with E-state index in [0.29, 0.717) is 22.7 Å². The molecule has 0 unspecified atom stereocenters. The molecule has 0 saturated heterocycles. The predicted molar refractivity (Wildman–Crippen MR) is 86.4 cm³/mol. The zero-order chi connectivity index (χ0) is 16.7. The zero-order valence-corrected chi connectivity index (χ0v) is 13.0. The molecule has 6 heteroatoms. The van der Waals surface area contributed by atoms with Gasteiger partial charge in [0.2, 0.25) is 0 Å². The van der Waals surface area contributed by atoms with E-state index in [1.807, 2.05) is 18.2 Å². The average Bonchev–Trinajstić information content (AvgIpc) is 2.59. The van der Waals surface area contributed by atoms with E-state index in [1.54, 1.807) is 24.4 Å². The Morgan fingerprint density at radius 1 is 1.22 bits per heavy atom. The number of methoxy groups -OCH3 is 2. The van der Waals surface area contributed by atoms with E-state index in [0.717, 1.165) is 5.56 Å². The SMILES string of the molecule is CO/C=C(\C(=O)OC)c1ccccc1COc1cccnc1N. The van der Waals surface area contributed by atoms with E-state index < -0.39 is 5.97 Å². The molecule has 2 aromatic rings. The zero-order valence-electron chi connectivity index (χ0n) is 13.0. The average molecular weight is 314 g/mol. The molecular formula is C17H18N2O4. The van der Waals surface area contributed by atoms with E-state index in [2.05, 4.69) is 4.98 Å². The third-order valence-corrected chi connectivity index (χ3v) is 3.13. The number of aromatic nitrogens is 1. The van der Waals surface area contributed by atoms with Gasteiger partial charge >= 0.3 is 5.97 Å². The Hall–Kier alpha value is -3.02. The Morgan fingerprint density at radius 2 is 2.00 bits per heavy atom. The molecule has 0 saturated carbocycles. The van der Waals surface area contributed by atoms with Gasteiger partial charge in [-0.25, -0.2) is 9.78 Å². The molecule has 0 spiro atoms. The molecule has 1 aromatic heterocycles. The second-order valence-electron chi connectivity index (χ2n) is 4.59. The summed E-state index contributed by atoms with van der Waals surface area (Å²) in [5.74, 6) is 0.309. The van der Waals surface area contributed by atoms with Crippen LogP contribution in [0.25, 0.3) is 5.57 Å². The first-order valence-electron chi connectivity index (χ1n) is 6.90.